The Morgan fingerprint density at radius 1 is 0.759 bits per heavy atom. The van der Waals surface area contributed by atoms with Gasteiger partial charge < -0.3 is 4.57 Å². The monoisotopic (exact) mass is 418 g/mol. The quantitative estimate of drug-likeness (QED) is 0.438. The van der Waals surface area contributed by atoms with E-state index in [1.54, 1.807) is 18.2 Å². The summed E-state index contributed by atoms with van der Waals surface area (Å²) in [6.07, 6.45) is 7.45. The number of sulfone groups is 1. The van der Waals surface area contributed by atoms with E-state index in [0.29, 0.717) is 27.7 Å². The molecular formula is C24H19O3PS. The fourth-order valence-electron chi connectivity index (χ4n) is 4.16. The van der Waals surface area contributed by atoms with Gasteiger partial charge in [0.05, 0.1) is 9.79 Å². The molecule has 0 saturated carbocycles. The molecule has 5 heteroatoms. The fourth-order valence-corrected chi connectivity index (χ4v) is 8.85. The van der Waals surface area contributed by atoms with Gasteiger partial charge in [-0.25, -0.2) is 8.42 Å². The summed E-state index contributed by atoms with van der Waals surface area (Å²) >= 11 is 0. The Hall–Kier alpha value is -2.68. The van der Waals surface area contributed by atoms with Gasteiger partial charge in [-0.2, -0.15) is 0 Å². The molecule has 0 fully saturated rings. The van der Waals surface area contributed by atoms with E-state index >= 15 is 0 Å². The lowest BCUT2D eigenvalue weighted by molar-refractivity contribution is 0.589. The summed E-state index contributed by atoms with van der Waals surface area (Å²) in [5, 5.41) is 2.16. The Kier molecular flexibility index (Phi) is 4.23. The molecule has 0 aromatic heterocycles. The zero-order chi connectivity index (χ0) is 20.1. The van der Waals surface area contributed by atoms with Crippen molar-refractivity contribution in [2.75, 3.05) is 0 Å². The first kappa shape index (κ1) is 18.4. The third-order valence-corrected chi connectivity index (χ3v) is 10.7. The van der Waals surface area contributed by atoms with Crippen molar-refractivity contribution in [2.24, 2.45) is 0 Å². The molecule has 29 heavy (non-hydrogen) atoms. The van der Waals surface area contributed by atoms with Gasteiger partial charge in [0.1, 0.15) is 0 Å². The minimum Gasteiger partial charge on any atom is -0.309 e. The molecule has 0 radical (unpaired) electrons. The van der Waals surface area contributed by atoms with E-state index in [0.717, 1.165) is 17.0 Å². The van der Waals surface area contributed by atoms with Gasteiger partial charge in [-0.3, -0.25) is 0 Å². The highest BCUT2D eigenvalue weighted by molar-refractivity contribution is 7.92. The maximum atomic E-state index is 14.6. The van der Waals surface area contributed by atoms with Crippen molar-refractivity contribution in [3.8, 4) is 11.1 Å². The molecule has 0 bridgehead atoms. The highest BCUT2D eigenvalue weighted by atomic mass is 32.2. The van der Waals surface area contributed by atoms with Crippen LogP contribution in [0.5, 0.6) is 0 Å². The zero-order valence-corrected chi connectivity index (χ0v) is 17.4. The maximum absolute atomic E-state index is 14.6. The van der Waals surface area contributed by atoms with Gasteiger partial charge in [0, 0.05) is 21.7 Å². The summed E-state index contributed by atoms with van der Waals surface area (Å²) < 4.78 is 40.9. The minimum atomic E-state index is -3.62. The molecule has 2 aliphatic rings. The first-order chi connectivity index (χ1) is 14.0. The van der Waals surface area contributed by atoms with Gasteiger partial charge >= 0.3 is 0 Å². The van der Waals surface area contributed by atoms with Crippen LogP contribution in [-0.4, -0.2) is 8.42 Å². The molecule has 5 rings (SSSR count). The van der Waals surface area contributed by atoms with Crippen molar-refractivity contribution in [1.29, 1.82) is 0 Å². The lowest BCUT2D eigenvalue weighted by atomic mass is 10.1. The Morgan fingerprint density at radius 3 is 2.24 bits per heavy atom. The number of hydrogen-bond acceptors (Lipinski definition) is 3. The van der Waals surface area contributed by atoms with Crippen molar-refractivity contribution in [2.45, 2.75) is 22.6 Å². The van der Waals surface area contributed by atoms with Crippen LogP contribution in [0.4, 0.5) is 0 Å². The van der Waals surface area contributed by atoms with Gasteiger partial charge in [-0.1, -0.05) is 78.9 Å². The van der Waals surface area contributed by atoms with Crippen molar-refractivity contribution < 1.29 is 13.0 Å². The molecular weight excluding hydrogens is 399 g/mol. The summed E-state index contributed by atoms with van der Waals surface area (Å²) in [6.45, 7) is 0. The molecule has 0 spiro atoms. The Bertz CT molecular complexity index is 1340. The predicted octanol–water partition coefficient (Wildman–Crippen LogP) is 5.05. The SMILES string of the molecule is O=P(C1=CC=CCC1)(c1ccccc1)c1ccc2c(c1)S(=O)(=O)c1ccccc1-2. The van der Waals surface area contributed by atoms with Crippen molar-refractivity contribution in [3.63, 3.8) is 0 Å². The minimum absolute atomic E-state index is 0.249. The lowest BCUT2D eigenvalue weighted by Crippen LogP contribution is -2.19. The number of fused-ring (bicyclic) bond motifs is 3. The molecule has 3 aromatic rings. The molecule has 3 aromatic carbocycles. The molecule has 1 aliphatic heterocycles. The standard InChI is InChI=1S/C24H19O3PS/c25-28(18-9-3-1-4-10-18,19-11-5-2-6-12-19)20-15-16-22-21-13-7-8-14-23(21)29(26,27)24(22)17-20/h1-5,7-11,13-17H,6,12H2. The molecule has 0 N–H and O–H groups in total. The molecule has 1 unspecified atom stereocenters. The van der Waals surface area contributed by atoms with Crippen LogP contribution in [-0.2, 0) is 14.4 Å². The first-order valence-corrected chi connectivity index (χ1v) is 12.7. The summed E-state index contributed by atoms with van der Waals surface area (Å²) in [5.41, 5.74) is 1.39. The largest absolute Gasteiger partial charge is 0.309 e. The van der Waals surface area contributed by atoms with Crippen LogP contribution in [0.2, 0.25) is 0 Å². The maximum Gasteiger partial charge on any atom is 0.207 e. The van der Waals surface area contributed by atoms with E-state index < -0.39 is 17.0 Å². The number of rotatable bonds is 3. The Balaban J connectivity index is 1.77. The second-order valence-corrected chi connectivity index (χ2v) is 12.0. The summed E-state index contributed by atoms with van der Waals surface area (Å²) in [6, 6.07) is 21.7. The lowest BCUT2D eigenvalue weighted by Gasteiger charge is -2.24. The van der Waals surface area contributed by atoms with Gasteiger partial charge in [-0.15, -0.1) is 0 Å². The van der Waals surface area contributed by atoms with Gasteiger partial charge in [0.15, 0.2) is 7.14 Å². The Labute approximate surface area is 170 Å². The summed E-state index contributed by atoms with van der Waals surface area (Å²) in [4.78, 5) is 0.570. The summed E-state index contributed by atoms with van der Waals surface area (Å²) in [5.74, 6) is 0. The Morgan fingerprint density at radius 2 is 1.48 bits per heavy atom. The van der Waals surface area contributed by atoms with Crippen molar-refractivity contribution in [1.82, 2.24) is 0 Å². The molecule has 1 atom stereocenters. The van der Waals surface area contributed by atoms with Gasteiger partial charge in [0.25, 0.3) is 0 Å². The average molecular weight is 418 g/mol. The second-order valence-electron chi connectivity index (χ2n) is 7.25. The van der Waals surface area contributed by atoms with Crippen molar-refractivity contribution in [3.05, 3.63) is 96.3 Å². The van der Waals surface area contributed by atoms with Crippen molar-refractivity contribution >= 4 is 27.6 Å². The topological polar surface area (TPSA) is 51.2 Å². The normalized spacial score (nSPS) is 18.4. The fraction of sp³-hybridized carbons (Fsp3) is 0.0833. The zero-order valence-electron chi connectivity index (χ0n) is 15.7. The molecule has 1 heterocycles. The van der Waals surface area contributed by atoms with E-state index in [4.69, 9.17) is 0 Å². The number of hydrogen-bond donors (Lipinski definition) is 0. The molecule has 0 amide bonds. The third-order valence-electron chi connectivity index (χ3n) is 5.60. The molecule has 3 nitrogen and oxygen atoms in total. The predicted molar refractivity (Wildman–Crippen MR) is 117 cm³/mol. The van der Waals surface area contributed by atoms with Crippen LogP contribution in [0, 0.1) is 0 Å². The van der Waals surface area contributed by atoms with E-state index in [2.05, 4.69) is 6.08 Å². The van der Waals surface area contributed by atoms with E-state index in [1.807, 2.05) is 66.7 Å². The number of allylic oxidation sites excluding steroid dienone is 4. The van der Waals surface area contributed by atoms with Crippen LogP contribution in [0.3, 0.4) is 0 Å². The van der Waals surface area contributed by atoms with Crippen LogP contribution in [0.15, 0.2) is 106 Å². The van der Waals surface area contributed by atoms with E-state index in [-0.39, 0.29) is 4.90 Å². The number of benzene rings is 3. The van der Waals surface area contributed by atoms with Gasteiger partial charge in [-0.05, 0) is 30.3 Å². The molecule has 144 valence electrons. The van der Waals surface area contributed by atoms with E-state index in [1.165, 1.54) is 0 Å². The molecule has 1 aliphatic carbocycles. The highest BCUT2D eigenvalue weighted by Gasteiger charge is 2.37. The van der Waals surface area contributed by atoms with Crippen LogP contribution in [0.1, 0.15) is 12.8 Å². The van der Waals surface area contributed by atoms with Crippen LogP contribution < -0.4 is 10.6 Å². The third kappa shape index (κ3) is 2.71. The summed E-state index contributed by atoms with van der Waals surface area (Å²) in [7, 11) is -6.75. The highest BCUT2D eigenvalue weighted by Crippen LogP contribution is 2.55. The average Bonchev–Trinajstić information content (AvgIpc) is 3.01. The first-order valence-electron chi connectivity index (χ1n) is 9.54. The second kappa shape index (κ2) is 6.69. The van der Waals surface area contributed by atoms with E-state index in [9.17, 15) is 13.0 Å². The van der Waals surface area contributed by atoms with Crippen LogP contribution in [0.25, 0.3) is 11.1 Å². The smallest absolute Gasteiger partial charge is 0.207 e. The molecule has 0 saturated heterocycles. The van der Waals surface area contributed by atoms with Crippen LogP contribution >= 0.6 is 7.14 Å². The van der Waals surface area contributed by atoms with Gasteiger partial charge in [0.2, 0.25) is 9.84 Å².